The highest BCUT2D eigenvalue weighted by atomic mass is 35.5. The fraction of sp³-hybridized carbons (Fsp3) is 0.250. The van der Waals surface area contributed by atoms with Crippen LogP contribution in [0.25, 0.3) is 12.2 Å². The molecule has 0 bridgehead atoms. The molecular formula is C28H23ClF5NO5S. The summed E-state index contributed by atoms with van der Waals surface area (Å²) in [7, 11) is -4.47. The molecule has 4 rings (SSSR count). The van der Waals surface area contributed by atoms with Gasteiger partial charge in [-0.25, -0.2) is 17.2 Å². The molecule has 1 aliphatic heterocycles. The molecule has 0 radical (unpaired) electrons. The average Bonchev–Trinajstić information content (AvgIpc) is 2.89. The molecule has 3 aromatic rings. The van der Waals surface area contributed by atoms with Crippen molar-refractivity contribution in [2.75, 3.05) is 10.8 Å². The second-order valence-corrected chi connectivity index (χ2v) is 11.7. The van der Waals surface area contributed by atoms with Gasteiger partial charge >= 0.3 is 12.1 Å². The summed E-state index contributed by atoms with van der Waals surface area (Å²) in [6.45, 7) is 0.303. The number of carbonyl (C=O) groups is 1. The Bertz CT molecular complexity index is 1600. The number of sulfonamides is 1. The smallest absolute Gasteiger partial charge is 0.417 e. The maximum Gasteiger partial charge on any atom is 0.417 e. The Kier molecular flexibility index (Phi) is 8.38. The van der Waals surface area contributed by atoms with Gasteiger partial charge in [-0.2, -0.15) is 13.2 Å². The number of hydrogen-bond donors (Lipinski definition) is 1. The van der Waals surface area contributed by atoms with Gasteiger partial charge in [-0.3, -0.25) is 9.10 Å². The number of rotatable bonds is 8. The van der Waals surface area contributed by atoms with Gasteiger partial charge in [0.25, 0.3) is 15.9 Å². The van der Waals surface area contributed by atoms with Crippen molar-refractivity contribution >= 4 is 45.4 Å². The summed E-state index contributed by atoms with van der Waals surface area (Å²) in [4.78, 5) is 10.7. The van der Waals surface area contributed by atoms with Crippen molar-refractivity contribution < 1.29 is 45.0 Å². The summed E-state index contributed by atoms with van der Waals surface area (Å²) in [5.41, 5.74) is -1.47. The molecule has 1 unspecified atom stereocenters. The molecule has 0 saturated heterocycles. The van der Waals surface area contributed by atoms with Gasteiger partial charge in [0.05, 0.1) is 22.7 Å². The molecule has 1 N–H and O–H groups in total. The number of hydrogen-bond acceptors (Lipinski definition) is 4. The number of fused-ring (bicyclic) bond motifs is 1. The van der Waals surface area contributed by atoms with E-state index in [4.69, 9.17) is 21.4 Å². The van der Waals surface area contributed by atoms with Gasteiger partial charge in [0.15, 0.2) is 0 Å². The number of aliphatic carboxylic acids is 1. The van der Waals surface area contributed by atoms with E-state index in [1.54, 1.807) is 0 Å². The van der Waals surface area contributed by atoms with Crippen LogP contribution in [0.4, 0.5) is 27.6 Å². The third-order valence-corrected chi connectivity index (χ3v) is 8.43. The molecule has 0 saturated carbocycles. The normalized spacial score (nSPS) is 16.0. The first-order valence-electron chi connectivity index (χ1n) is 12.1. The van der Waals surface area contributed by atoms with Crippen LogP contribution < -0.4 is 9.04 Å². The average molecular weight is 616 g/mol. The molecule has 1 atom stereocenters. The standard InChI is InChI=1S/C28H23ClF5NO5S/c1-27(30,31)18-4-2-5-20(15-18)41(38,39)35-16-19(10-13-26(36)37)40-25-12-9-17(14-24(25)35)8-11-21-22(28(32,33)34)6-3-7-23(21)29/h2-9,11-12,14-15,19H,10,13,16H2,1H3,(H,36,37)/b11-8+. The minimum absolute atomic E-state index is 0.00240. The Morgan fingerprint density at radius 3 is 2.44 bits per heavy atom. The summed E-state index contributed by atoms with van der Waals surface area (Å²) in [5, 5.41) is 8.94. The number of ether oxygens (including phenoxy) is 1. The van der Waals surface area contributed by atoms with E-state index in [1.165, 1.54) is 42.5 Å². The van der Waals surface area contributed by atoms with Crippen LogP contribution in [0.5, 0.6) is 5.75 Å². The lowest BCUT2D eigenvalue weighted by Gasteiger charge is -2.35. The quantitative estimate of drug-likeness (QED) is 0.210. The van der Waals surface area contributed by atoms with Crippen LogP contribution in [0.2, 0.25) is 5.02 Å². The van der Waals surface area contributed by atoms with E-state index < -0.39 is 50.2 Å². The predicted molar refractivity (Wildman–Crippen MR) is 144 cm³/mol. The first-order valence-corrected chi connectivity index (χ1v) is 14.0. The van der Waals surface area contributed by atoms with E-state index in [0.717, 1.165) is 34.6 Å². The molecule has 218 valence electrons. The number of anilines is 1. The SMILES string of the molecule is CC(F)(F)c1cccc(S(=O)(=O)N2CC(CCC(=O)O)Oc3ccc(/C=C/c4c(Cl)cccc4C(F)(F)F)cc32)c1. The zero-order valence-electron chi connectivity index (χ0n) is 21.3. The Morgan fingerprint density at radius 1 is 1.07 bits per heavy atom. The van der Waals surface area contributed by atoms with Crippen molar-refractivity contribution in [1.29, 1.82) is 0 Å². The van der Waals surface area contributed by atoms with Crippen molar-refractivity contribution in [3.8, 4) is 5.75 Å². The number of nitrogens with zero attached hydrogens (tertiary/aromatic N) is 1. The van der Waals surface area contributed by atoms with Crippen molar-refractivity contribution in [3.63, 3.8) is 0 Å². The number of halogens is 6. The van der Waals surface area contributed by atoms with Crippen LogP contribution in [-0.2, 0) is 26.9 Å². The van der Waals surface area contributed by atoms with E-state index in [9.17, 15) is 35.2 Å². The topological polar surface area (TPSA) is 83.9 Å². The van der Waals surface area contributed by atoms with Gasteiger partial charge in [0, 0.05) is 29.5 Å². The van der Waals surface area contributed by atoms with Crippen LogP contribution in [0.3, 0.4) is 0 Å². The molecule has 0 fully saturated rings. The largest absolute Gasteiger partial charge is 0.486 e. The molecule has 41 heavy (non-hydrogen) atoms. The molecule has 0 amide bonds. The van der Waals surface area contributed by atoms with Gasteiger partial charge in [-0.05, 0) is 48.4 Å². The minimum Gasteiger partial charge on any atom is -0.486 e. The van der Waals surface area contributed by atoms with Gasteiger partial charge < -0.3 is 9.84 Å². The van der Waals surface area contributed by atoms with E-state index >= 15 is 0 Å². The van der Waals surface area contributed by atoms with Gasteiger partial charge in [-0.15, -0.1) is 0 Å². The van der Waals surface area contributed by atoms with E-state index in [1.807, 2.05) is 0 Å². The first kappa shape index (κ1) is 30.3. The molecule has 6 nitrogen and oxygen atoms in total. The predicted octanol–water partition coefficient (Wildman–Crippen LogP) is 7.46. The fourth-order valence-corrected chi connectivity index (χ4v) is 6.07. The molecule has 13 heteroatoms. The Balaban J connectivity index is 1.78. The molecular weight excluding hydrogens is 593 g/mol. The second kappa shape index (κ2) is 11.3. The summed E-state index contributed by atoms with van der Waals surface area (Å²) >= 11 is 6.03. The molecule has 1 aliphatic rings. The highest BCUT2D eigenvalue weighted by molar-refractivity contribution is 7.92. The Hall–Kier alpha value is -3.64. The van der Waals surface area contributed by atoms with Gasteiger partial charge in [0.2, 0.25) is 0 Å². The van der Waals surface area contributed by atoms with Crippen molar-refractivity contribution in [1.82, 2.24) is 0 Å². The zero-order chi connectivity index (χ0) is 30.2. The van der Waals surface area contributed by atoms with E-state index in [2.05, 4.69) is 0 Å². The fourth-order valence-electron chi connectivity index (χ4n) is 4.29. The highest BCUT2D eigenvalue weighted by Gasteiger charge is 2.36. The zero-order valence-corrected chi connectivity index (χ0v) is 22.9. The van der Waals surface area contributed by atoms with Crippen LogP contribution >= 0.6 is 11.6 Å². The number of alkyl halides is 5. The van der Waals surface area contributed by atoms with Crippen LogP contribution in [-0.4, -0.2) is 32.1 Å². The molecule has 0 aromatic heterocycles. The molecule has 0 spiro atoms. The molecule has 3 aromatic carbocycles. The van der Waals surface area contributed by atoms with Crippen molar-refractivity contribution in [3.05, 3.63) is 87.9 Å². The number of carboxylic acids is 1. The van der Waals surface area contributed by atoms with E-state index in [0.29, 0.717) is 12.5 Å². The maximum atomic E-state index is 14.0. The lowest BCUT2D eigenvalue weighted by Crippen LogP contribution is -2.43. The highest BCUT2D eigenvalue weighted by Crippen LogP contribution is 2.40. The number of carboxylic acid groups (broad SMARTS) is 1. The van der Waals surface area contributed by atoms with Crippen LogP contribution in [0.1, 0.15) is 42.0 Å². The Labute approximate surface area is 237 Å². The molecule has 1 heterocycles. The second-order valence-electron chi connectivity index (χ2n) is 9.38. The van der Waals surface area contributed by atoms with Crippen LogP contribution in [0.15, 0.2) is 65.6 Å². The van der Waals surface area contributed by atoms with E-state index in [-0.39, 0.29) is 41.4 Å². The maximum absolute atomic E-state index is 14.0. The first-order chi connectivity index (χ1) is 19.1. The van der Waals surface area contributed by atoms with Crippen molar-refractivity contribution in [2.45, 2.75) is 42.9 Å². The van der Waals surface area contributed by atoms with Crippen molar-refractivity contribution in [2.24, 2.45) is 0 Å². The van der Waals surface area contributed by atoms with Gasteiger partial charge in [-0.1, -0.05) is 48.0 Å². The third-order valence-electron chi connectivity index (χ3n) is 6.32. The van der Waals surface area contributed by atoms with Crippen LogP contribution in [0, 0.1) is 0 Å². The monoisotopic (exact) mass is 615 g/mol. The summed E-state index contributed by atoms with van der Waals surface area (Å²) in [6, 6.07) is 11.9. The lowest BCUT2D eigenvalue weighted by atomic mass is 10.0. The summed E-state index contributed by atoms with van der Waals surface area (Å²) < 4.78 is 103. The third kappa shape index (κ3) is 6.82. The van der Waals surface area contributed by atoms with Gasteiger partial charge in [0.1, 0.15) is 11.9 Å². The Morgan fingerprint density at radius 2 is 1.78 bits per heavy atom. The molecule has 0 aliphatic carbocycles. The lowest BCUT2D eigenvalue weighted by molar-refractivity contribution is -0.138. The summed E-state index contributed by atoms with van der Waals surface area (Å²) in [5.74, 6) is -4.37. The number of benzene rings is 3. The minimum atomic E-state index is -4.67. The summed E-state index contributed by atoms with van der Waals surface area (Å²) in [6.07, 6.45) is -3.43.